The van der Waals surface area contributed by atoms with Crippen LogP contribution in [0.3, 0.4) is 0 Å². The highest BCUT2D eigenvalue weighted by Crippen LogP contribution is 2.36. The molecular formula is C29H31F3N2O. The summed E-state index contributed by atoms with van der Waals surface area (Å²) in [5.74, 6) is 0.281. The van der Waals surface area contributed by atoms with Crippen molar-refractivity contribution >= 4 is 10.9 Å². The number of fused-ring (bicyclic) bond motifs is 1. The van der Waals surface area contributed by atoms with E-state index in [4.69, 9.17) is 4.98 Å². The Morgan fingerprint density at radius 1 is 0.971 bits per heavy atom. The van der Waals surface area contributed by atoms with Gasteiger partial charge in [0.15, 0.2) is 0 Å². The second kappa shape index (κ2) is 9.86. The van der Waals surface area contributed by atoms with Crippen molar-refractivity contribution in [2.45, 2.75) is 59.2 Å². The Hall–Kier alpha value is -3.12. The summed E-state index contributed by atoms with van der Waals surface area (Å²) in [6.45, 7) is 8.35. The van der Waals surface area contributed by atoms with Gasteiger partial charge < -0.3 is 9.67 Å². The predicted molar refractivity (Wildman–Crippen MR) is 135 cm³/mol. The summed E-state index contributed by atoms with van der Waals surface area (Å²) in [5.41, 5.74) is 5.78. The number of rotatable bonds is 7. The first kappa shape index (κ1) is 25.0. The Labute approximate surface area is 204 Å². The molecule has 184 valence electrons. The molecule has 35 heavy (non-hydrogen) atoms. The Morgan fingerprint density at radius 2 is 1.60 bits per heavy atom. The molecule has 4 aromatic rings. The molecule has 1 unspecified atom stereocenters. The minimum Gasteiger partial charge on any atom is -0.388 e. The number of aromatic nitrogens is 2. The smallest absolute Gasteiger partial charge is 0.388 e. The highest BCUT2D eigenvalue weighted by atomic mass is 19.4. The first-order valence-electron chi connectivity index (χ1n) is 12.1. The molecule has 6 heteroatoms. The van der Waals surface area contributed by atoms with Gasteiger partial charge in [0, 0.05) is 28.4 Å². The number of nitrogens with zero attached hydrogens (tertiary/aromatic N) is 2. The Bertz CT molecular complexity index is 1300. The fraction of sp³-hybridized carbons (Fsp3) is 0.345. The molecule has 4 rings (SSSR count). The summed E-state index contributed by atoms with van der Waals surface area (Å²) in [6, 6.07) is 13.4. The molecule has 2 aromatic carbocycles. The number of aryl methyl sites for hydroxylation is 2. The summed E-state index contributed by atoms with van der Waals surface area (Å²) in [5, 5.41) is 11.9. The summed E-state index contributed by atoms with van der Waals surface area (Å²) in [6.07, 6.45) is 0.829. The lowest BCUT2D eigenvalue weighted by molar-refractivity contribution is -0.137. The minimum absolute atomic E-state index is 0.281. The standard InChI is InChI=1S/C29H31F3N2O/c1-5-19-8-7-9-20(6-2)28(19)25-15-23-24(27(35)14-18(3)4)17-34(26(23)16-33-25)22-12-10-21(11-13-22)29(30,31)32/h7-13,15-18,27,35H,5-6,14H2,1-4H3. The van der Waals surface area contributed by atoms with E-state index in [-0.39, 0.29) is 5.92 Å². The number of aliphatic hydroxyl groups is 1. The van der Waals surface area contributed by atoms with E-state index in [1.54, 1.807) is 6.20 Å². The second-order valence-electron chi connectivity index (χ2n) is 9.39. The molecule has 0 radical (unpaired) electrons. The fourth-order valence-electron chi connectivity index (χ4n) is 4.72. The van der Waals surface area contributed by atoms with E-state index >= 15 is 0 Å². The average molecular weight is 481 g/mol. The molecule has 3 nitrogen and oxygen atoms in total. The Balaban J connectivity index is 1.92. The first-order chi connectivity index (χ1) is 16.6. The largest absolute Gasteiger partial charge is 0.416 e. The van der Waals surface area contributed by atoms with Crippen molar-refractivity contribution in [2.75, 3.05) is 0 Å². The van der Waals surface area contributed by atoms with Gasteiger partial charge in [0.05, 0.1) is 29.1 Å². The van der Waals surface area contributed by atoms with Crippen molar-refractivity contribution < 1.29 is 18.3 Å². The molecule has 0 amide bonds. The van der Waals surface area contributed by atoms with Gasteiger partial charge >= 0.3 is 6.18 Å². The number of hydrogen-bond acceptors (Lipinski definition) is 2. The number of hydrogen-bond donors (Lipinski definition) is 1. The molecule has 0 aliphatic carbocycles. The van der Waals surface area contributed by atoms with Gasteiger partial charge in [-0.05, 0) is 66.6 Å². The highest BCUT2D eigenvalue weighted by molar-refractivity contribution is 5.89. The summed E-state index contributed by atoms with van der Waals surface area (Å²) >= 11 is 0. The van der Waals surface area contributed by atoms with E-state index in [1.807, 2.05) is 16.8 Å². The monoisotopic (exact) mass is 480 g/mol. The Morgan fingerprint density at radius 3 is 2.14 bits per heavy atom. The number of halogens is 3. The lowest BCUT2D eigenvalue weighted by Crippen LogP contribution is -2.05. The van der Waals surface area contributed by atoms with Gasteiger partial charge in [-0.3, -0.25) is 4.98 Å². The maximum atomic E-state index is 13.1. The van der Waals surface area contributed by atoms with Crippen LogP contribution in [0.25, 0.3) is 27.8 Å². The lowest BCUT2D eigenvalue weighted by atomic mass is 9.93. The molecule has 0 bridgehead atoms. The summed E-state index contributed by atoms with van der Waals surface area (Å²) < 4.78 is 41.1. The third-order valence-corrected chi connectivity index (χ3v) is 6.50. The van der Waals surface area contributed by atoms with Gasteiger partial charge in [0.1, 0.15) is 0 Å². The Kier molecular flexibility index (Phi) is 7.04. The van der Waals surface area contributed by atoms with E-state index in [0.717, 1.165) is 52.7 Å². The lowest BCUT2D eigenvalue weighted by Gasteiger charge is -2.14. The molecule has 2 heterocycles. The number of aliphatic hydroxyl groups excluding tert-OH is 1. The van der Waals surface area contributed by atoms with Crippen LogP contribution in [-0.4, -0.2) is 14.7 Å². The molecule has 1 atom stereocenters. The SMILES string of the molecule is CCc1cccc(CC)c1-c1cc2c(C(O)CC(C)C)cn(-c3ccc(C(F)(F)F)cc3)c2cn1. The zero-order valence-corrected chi connectivity index (χ0v) is 20.5. The van der Waals surface area contributed by atoms with Gasteiger partial charge in [0.2, 0.25) is 0 Å². The molecule has 0 saturated carbocycles. The van der Waals surface area contributed by atoms with Crippen molar-refractivity contribution in [1.82, 2.24) is 9.55 Å². The van der Waals surface area contributed by atoms with Crippen LogP contribution < -0.4 is 0 Å². The average Bonchev–Trinajstić information content (AvgIpc) is 3.21. The second-order valence-corrected chi connectivity index (χ2v) is 9.39. The summed E-state index contributed by atoms with van der Waals surface area (Å²) in [4.78, 5) is 4.79. The van der Waals surface area contributed by atoms with Crippen molar-refractivity contribution in [1.29, 1.82) is 0 Å². The van der Waals surface area contributed by atoms with Crippen molar-refractivity contribution in [3.8, 4) is 16.9 Å². The third kappa shape index (κ3) is 4.98. The fourth-order valence-corrected chi connectivity index (χ4v) is 4.72. The van der Waals surface area contributed by atoms with Crippen LogP contribution >= 0.6 is 0 Å². The maximum absolute atomic E-state index is 13.1. The molecule has 1 N–H and O–H groups in total. The van der Waals surface area contributed by atoms with Crippen LogP contribution in [0.5, 0.6) is 0 Å². The van der Waals surface area contributed by atoms with Crippen LogP contribution in [0.1, 0.15) is 62.5 Å². The molecule has 0 saturated heterocycles. The van der Waals surface area contributed by atoms with Crippen LogP contribution in [0.4, 0.5) is 13.2 Å². The van der Waals surface area contributed by atoms with Crippen LogP contribution in [-0.2, 0) is 19.0 Å². The first-order valence-corrected chi connectivity index (χ1v) is 12.1. The zero-order valence-electron chi connectivity index (χ0n) is 20.5. The van der Waals surface area contributed by atoms with Gasteiger partial charge in [-0.25, -0.2) is 0 Å². The third-order valence-electron chi connectivity index (χ3n) is 6.50. The van der Waals surface area contributed by atoms with Crippen molar-refractivity contribution in [3.63, 3.8) is 0 Å². The van der Waals surface area contributed by atoms with E-state index in [2.05, 4.69) is 45.9 Å². The quantitative estimate of drug-likeness (QED) is 0.292. The molecule has 0 aliphatic heterocycles. The van der Waals surface area contributed by atoms with Gasteiger partial charge in [-0.1, -0.05) is 45.9 Å². The molecule has 0 fully saturated rings. The van der Waals surface area contributed by atoms with Gasteiger partial charge in [-0.2, -0.15) is 13.2 Å². The van der Waals surface area contributed by atoms with E-state index in [9.17, 15) is 18.3 Å². The highest BCUT2D eigenvalue weighted by Gasteiger charge is 2.30. The zero-order chi connectivity index (χ0) is 25.3. The van der Waals surface area contributed by atoms with E-state index < -0.39 is 17.8 Å². The molecule has 2 aromatic heterocycles. The van der Waals surface area contributed by atoms with Gasteiger partial charge in [0.25, 0.3) is 0 Å². The molecule has 0 aliphatic rings. The number of pyridine rings is 1. The van der Waals surface area contributed by atoms with E-state index in [0.29, 0.717) is 12.1 Å². The van der Waals surface area contributed by atoms with E-state index in [1.165, 1.54) is 23.3 Å². The molecule has 0 spiro atoms. The number of benzene rings is 2. The normalized spacial score (nSPS) is 13.1. The predicted octanol–water partition coefficient (Wildman–Crippen LogP) is 7.92. The van der Waals surface area contributed by atoms with Crippen LogP contribution in [0, 0.1) is 5.92 Å². The minimum atomic E-state index is -4.39. The van der Waals surface area contributed by atoms with Crippen LogP contribution in [0.2, 0.25) is 0 Å². The van der Waals surface area contributed by atoms with Crippen molar-refractivity contribution in [2.24, 2.45) is 5.92 Å². The van der Waals surface area contributed by atoms with Gasteiger partial charge in [-0.15, -0.1) is 0 Å². The summed E-state index contributed by atoms with van der Waals surface area (Å²) in [7, 11) is 0. The molecular weight excluding hydrogens is 449 g/mol. The van der Waals surface area contributed by atoms with Crippen molar-refractivity contribution in [3.05, 3.63) is 83.2 Å². The van der Waals surface area contributed by atoms with Crippen LogP contribution in [0.15, 0.2) is 60.9 Å². The number of alkyl halides is 3. The topological polar surface area (TPSA) is 38.0 Å². The maximum Gasteiger partial charge on any atom is 0.416 e.